The summed E-state index contributed by atoms with van der Waals surface area (Å²) >= 11 is 1.95. The molecular weight excluding hydrogens is 218 g/mol. The second kappa shape index (κ2) is 5.71. The zero-order chi connectivity index (χ0) is 11.4. The van der Waals surface area contributed by atoms with Gasteiger partial charge in [-0.1, -0.05) is 24.3 Å². The van der Waals surface area contributed by atoms with Crippen molar-refractivity contribution in [1.29, 1.82) is 0 Å². The van der Waals surface area contributed by atoms with Crippen molar-refractivity contribution < 1.29 is 5.11 Å². The van der Waals surface area contributed by atoms with E-state index in [9.17, 15) is 5.11 Å². The fourth-order valence-electron chi connectivity index (χ4n) is 2.19. The minimum Gasteiger partial charge on any atom is -0.388 e. The van der Waals surface area contributed by atoms with Crippen LogP contribution in [0.2, 0.25) is 0 Å². The standard InChI is InChI=1S/C13H19NOS/c14-8-10-3-1-4-11(7-10)13(15)12-5-2-6-16-9-12/h1,3-4,7,12-13,15H,2,5-6,8-9,14H2. The third kappa shape index (κ3) is 2.78. The van der Waals surface area contributed by atoms with Gasteiger partial charge < -0.3 is 10.8 Å². The van der Waals surface area contributed by atoms with Crippen LogP contribution < -0.4 is 5.73 Å². The van der Waals surface area contributed by atoms with Gasteiger partial charge in [0.05, 0.1) is 6.10 Å². The summed E-state index contributed by atoms with van der Waals surface area (Å²) in [7, 11) is 0. The number of rotatable bonds is 3. The second-order valence-electron chi connectivity index (χ2n) is 4.37. The van der Waals surface area contributed by atoms with Crippen molar-refractivity contribution in [2.75, 3.05) is 11.5 Å². The lowest BCUT2D eigenvalue weighted by Crippen LogP contribution is -2.19. The monoisotopic (exact) mass is 237 g/mol. The molecule has 2 nitrogen and oxygen atoms in total. The smallest absolute Gasteiger partial charge is 0.0826 e. The van der Waals surface area contributed by atoms with Gasteiger partial charge in [0.15, 0.2) is 0 Å². The summed E-state index contributed by atoms with van der Waals surface area (Å²) in [4.78, 5) is 0. The Balaban J connectivity index is 2.09. The van der Waals surface area contributed by atoms with E-state index in [2.05, 4.69) is 0 Å². The zero-order valence-corrected chi connectivity index (χ0v) is 10.2. The van der Waals surface area contributed by atoms with Gasteiger partial charge in [0.25, 0.3) is 0 Å². The van der Waals surface area contributed by atoms with E-state index in [0.717, 1.165) is 23.3 Å². The second-order valence-corrected chi connectivity index (χ2v) is 5.52. The first kappa shape index (κ1) is 12.0. The molecule has 1 aliphatic rings. The summed E-state index contributed by atoms with van der Waals surface area (Å²) in [6.07, 6.45) is 2.04. The minimum absolute atomic E-state index is 0.320. The van der Waals surface area contributed by atoms with Crippen molar-refractivity contribution >= 4 is 11.8 Å². The van der Waals surface area contributed by atoms with E-state index in [0.29, 0.717) is 12.5 Å². The van der Waals surface area contributed by atoms with Crippen molar-refractivity contribution in [2.45, 2.75) is 25.5 Å². The molecule has 1 heterocycles. The number of aliphatic hydroxyl groups is 1. The van der Waals surface area contributed by atoms with E-state index in [1.165, 1.54) is 12.2 Å². The van der Waals surface area contributed by atoms with E-state index in [1.807, 2.05) is 36.0 Å². The fourth-order valence-corrected chi connectivity index (χ4v) is 3.38. The molecule has 0 amide bonds. The molecule has 1 fully saturated rings. The molecule has 0 radical (unpaired) electrons. The number of thioether (sulfide) groups is 1. The zero-order valence-electron chi connectivity index (χ0n) is 9.43. The Bertz CT molecular complexity index is 336. The molecule has 0 saturated carbocycles. The van der Waals surface area contributed by atoms with Crippen LogP contribution in [0.4, 0.5) is 0 Å². The van der Waals surface area contributed by atoms with Crippen molar-refractivity contribution in [3.8, 4) is 0 Å². The SMILES string of the molecule is NCc1cccc(C(O)C2CCCSC2)c1. The van der Waals surface area contributed by atoms with Crippen molar-refractivity contribution in [3.63, 3.8) is 0 Å². The molecule has 2 rings (SSSR count). The Hall–Kier alpha value is -0.510. The topological polar surface area (TPSA) is 46.2 Å². The normalized spacial score (nSPS) is 23.0. The first-order chi connectivity index (χ1) is 7.81. The Morgan fingerprint density at radius 3 is 3.06 bits per heavy atom. The number of hydrogen-bond acceptors (Lipinski definition) is 3. The maximum atomic E-state index is 10.3. The molecule has 1 saturated heterocycles. The Morgan fingerprint density at radius 2 is 2.38 bits per heavy atom. The van der Waals surface area contributed by atoms with Crippen molar-refractivity contribution in [1.82, 2.24) is 0 Å². The molecule has 3 heteroatoms. The number of benzene rings is 1. The molecule has 1 aliphatic heterocycles. The van der Waals surface area contributed by atoms with Gasteiger partial charge >= 0.3 is 0 Å². The average Bonchev–Trinajstić information content (AvgIpc) is 2.39. The van der Waals surface area contributed by atoms with Crippen LogP contribution in [0.1, 0.15) is 30.1 Å². The third-order valence-electron chi connectivity index (χ3n) is 3.17. The highest BCUT2D eigenvalue weighted by Gasteiger charge is 2.23. The summed E-state index contributed by atoms with van der Waals surface area (Å²) < 4.78 is 0. The van der Waals surface area contributed by atoms with Crippen molar-refractivity contribution in [2.24, 2.45) is 11.7 Å². The first-order valence-electron chi connectivity index (χ1n) is 5.86. The minimum atomic E-state index is -0.320. The van der Waals surface area contributed by atoms with Gasteiger partial charge in [-0.3, -0.25) is 0 Å². The lowest BCUT2D eigenvalue weighted by molar-refractivity contribution is 0.113. The van der Waals surface area contributed by atoms with Crippen LogP contribution in [0.25, 0.3) is 0 Å². The summed E-state index contributed by atoms with van der Waals surface area (Å²) in [5, 5.41) is 10.3. The Labute approximate surface area is 101 Å². The predicted octanol–water partition coefficient (Wildman–Crippen LogP) is 2.32. The molecule has 88 valence electrons. The van der Waals surface area contributed by atoms with Gasteiger partial charge in [0.1, 0.15) is 0 Å². The largest absolute Gasteiger partial charge is 0.388 e. The molecule has 2 unspecified atom stereocenters. The molecule has 0 aromatic heterocycles. The number of aliphatic hydroxyl groups excluding tert-OH is 1. The Kier molecular flexibility index (Phi) is 4.27. The van der Waals surface area contributed by atoms with Gasteiger partial charge in [-0.05, 0) is 41.4 Å². The van der Waals surface area contributed by atoms with Crippen LogP contribution in [0.5, 0.6) is 0 Å². The quantitative estimate of drug-likeness (QED) is 0.848. The molecule has 2 atom stereocenters. The van der Waals surface area contributed by atoms with Crippen LogP contribution in [0.15, 0.2) is 24.3 Å². The molecule has 0 aliphatic carbocycles. The van der Waals surface area contributed by atoms with Crippen LogP contribution in [-0.4, -0.2) is 16.6 Å². The van der Waals surface area contributed by atoms with E-state index < -0.39 is 0 Å². The molecule has 16 heavy (non-hydrogen) atoms. The maximum Gasteiger partial charge on any atom is 0.0826 e. The van der Waals surface area contributed by atoms with E-state index in [4.69, 9.17) is 5.73 Å². The van der Waals surface area contributed by atoms with Crippen LogP contribution in [0.3, 0.4) is 0 Å². The van der Waals surface area contributed by atoms with Gasteiger partial charge in [0.2, 0.25) is 0 Å². The highest BCUT2D eigenvalue weighted by atomic mass is 32.2. The molecule has 3 N–H and O–H groups in total. The fraction of sp³-hybridized carbons (Fsp3) is 0.538. The Morgan fingerprint density at radius 1 is 1.50 bits per heavy atom. The third-order valence-corrected chi connectivity index (χ3v) is 4.41. The average molecular weight is 237 g/mol. The summed E-state index contributed by atoms with van der Waals surface area (Å²) in [5.41, 5.74) is 7.73. The van der Waals surface area contributed by atoms with Crippen LogP contribution >= 0.6 is 11.8 Å². The van der Waals surface area contributed by atoms with Crippen molar-refractivity contribution in [3.05, 3.63) is 35.4 Å². The number of nitrogens with two attached hydrogens (primary N) is 1. The maximum absolute atomic E-state index is 10.3. The number of hydrogen-bond donors (Lipinski definition) is 2. The first-order valence-corrected chi connectivity index (χ1v) is 7.01. The predicted molar refractivity (Wildman–Crippen MR) is 69.3 cm³/mol. The summed E-state index contributed by atoms with van der Waals surface area (Å²) in [5.74, 6) is 2.73. The van der Waals surface area contributed by atoms with E-state index >= 15 is 0 Å². The molecule has 0 bridgehead atoms. The molecule has 1 aromatic carbocycles. The van der Waals surface area contributed by atoms with Gasteiger partial charge in [-0.25, -0.2) is 0 Å². The van der Waals surface area contributed by atoms with E-state index in [1.54, 1.807) is 0 Å². The highest BCUT2D eigenvalue weighted by molar-refractivity contribution is 7.99. The highest BCUT2D eigenvalue weighted by Crippen LogP contribution is 2.33. The van der Waals surface area contributed by atoms with Gasteiger partial charge in [-0.15, -0.1) is 0 Å². The molecular formula is C13H19NOS. The summed E-state index contributed by atoms with van der Waals surface area (Å²) in [6.45, 7) is 0.542. The summed E-state index contributed by atoms with van der Waals surface area (Å²) in [6, 6.07) is 8.02. The van der Waals surface area contributed by atoms with Crippen LogP contribution in [0, 0.1) is 5.92 Å². The van der Waals surface area contributed by atoms with Crippen LogP contribution in [-0.2, 0) is 6.54 Å². The van der Waals surface area contributed by atoms with E-state index in [-0.39, 0.29) is 6.10 Å². The van der Waals surface area contributed by atoms with Gasteiger partial charge in [-0.2, -0.15) is 11.8 Å². The lowest BCUT2D eigenvalue weighted by Gasteiger charge is -2.26. The lowest BCUT2D eigenvalue weighted by atomic mass is 9.92. The molecule has 1 aromatic rings. The molecule has 0 spiro atoms. The van der Waals surface area contributed by atoms with Gasteiger partial charge in [0, 0.05) is 6.54 Å².